The number of hydrogen-bond donors (Lipinski definition) is 2. The average Bonchev–Trinajstić information content (AvgIpc) is 2.45. The molecule has 2 N–H and O–H groups in total. The normalized spacial score (nSPS) is 14.7. The number of ether oxygens (including phenoxy) is 1. The van der Waals surface area contributed by atoms with Crippen molar-refractivity contribution in [1.29, 1.82) is 0 Å². The third-order valence-corrected chi connectivity index (χ3v) is 4.07. The fourth-order valence-electron chi connectivity index (χ4n) is 1.67. The molecular weight excluding hydrogens is 254 g/mol. The van der Waals surface area contributed by atoms with Gasteiger partial charge in [-0.1, -0.05) is 32.9 Å². The van der Waals surface area contributed by atoms with Crippen LogP contribution in [0.25, 0.3) is 0 Å². The summed E-state index contributed by atoms with van der Waals surface area (Å²) in [5.74, 6) is -0.243. The molecule has 0 aliphatic rings. The molecule has 0 amide bonds. The quantitative estimate of drug-likeness (QED) is 0.806. The van der Waals surface area contributed by atoms with E-state index in [-0.39, 0.29) is 12.0 Å². The Morgan fingerprint density at radius 3 is 2.20 bits per heavy atom. The number of rotatable bonds is 7. The summed E-state index contributed by atoms with van der Waals surface area (Å²) in [6.45, 7) is 8.24. The summed E-state index contributed by atoms with van der Waals surface area (Å²) in [4.78, 5) is 11.2. The zero-order chi connectivity index (χ0) is 15.4. The van der Waals surface area contributed by atoms with E-state index in [1.165, 1.54) is 5.56 Å². The van der Waals surface area contributed by atoms with Crippen LogP contribution in [0.2, 0.25) is 0 Å². The molecule has 1 rings (SSSR count). The summed E-state index contributed by atoms with van der Waals surface area (Å²) in [6, 6.07) is 7.86. The number of carbonyl (C=O) groups is 1. The van der Waals surface area contributed by atoms with E-state index in [1.807, 2.05) is 24.3 Å². The molecule has 1 atom stereocenters. The Hall–Kier alpha value is -1.55. The molecule has 4 nitrogen and oxygen atoms in total. The van der Waals surface area contributed by atoms with E-state index in [9.17, 15) is 4.79 Å². The maximum absolute atomic E-state index is 11.2. The van der Waals surface area contributed by atoms with Gasteiger partial charge in [0.05, 0.1) is 0 Å². The highest BCUT2D eigenvalue weighted by Crippen LogP contribution is 2.28. The van der Waals surface area contributed by atoms with E-state index < -0.39 is 11.5 Å². The van der Waals surface area contributed by atoms with Crippen LogP contribution >= 0.6 is 0 Å². The molecule has 0 aliphatic carbocycles. The van der Waals surface area contributed by atoms with Gasteiger partial charge in [-0.05, 0) is 43.5 Å². The molecule has 4 heteroatoms. The predicted octanol–water partition coefficient (Wildman–Crippen LogP) is 2.82. The summed E-state index contributed by atoms with van der Waals surface area (Å²) in [7, 11) is 1.62. The summed E-state index contributed by atoms with van der Waals surface area (Å²) >= 11 is 0. The van der Waals surface area contributed by atoms with Crippen molar-refractivity contribution in [2.45, 2.75) is 45.1 Å². The van der Waals surface area contributed by atoms with Crippen molar-refractivity contribution in [2.24, 2.45) is 0 Å². The highest BCUT2D eigenvalue weighted by atomic mass is 16.5. The number of aliphatic carboxylic acids is 1. The maximum atomic E-state index is 11.2. The van der Waals surface area contributed by atoms with Crippen LogP contribution < -0.4 is 10.1 Å². The van der Waals surface area contributed by atoms with Crippen LogP contribution in [-0.2, 0) is 10.2 Å². The molecule has 0 spiro atoms. The average molecular weight is 279 g/mol. The minimum atomic E-state index is -1.08. The Balaban J connectivity index is 2.74. The summed E-state index contributed by atoms with van der Waals surface area (Å²) in [5, 5.41) is 11.9. The number of carboxylic acid groups (broad SMARTS) is 1. The highest BCUT2D eigenvalue weighted by molar-refractivity contribution is 5.78. The molecule has 1 aromatic rings. The number of carboxylic acids is 1. The van der Waals surface area contributed by atoms with Crippen molar-refractivity contribution in [2.75, 3.05) is 13.7 Å². The molecule has 0 radical (unpaired) electrons. The Morgan fingerprint density at radius 1 is 1.25 bits per heavy atom. The monoisotopic (exact) mass is 279 g/mol. The van der Waals surface area contributed by atoms with Gasteiger partial charge in [-0.25, -0.2) is 0 Å². The lowest BCUT2D eigenvalue weighted by molar-refractivity contribution is -0.145. The third-order valence-electron chi connectivity index (χ3n) is 4.07. The first-order valence-electron chi connectivity index (χ1n) is 6.91. The van der Waals surface area contributed by atoms with Crippen molar-refractivity contribution >= 4 is 5.97 Å². The summed E-state index contributed by atoms with van der Waals surface area (Å²) in [5.41, 5.74) is 0.308. The van der Waals surface area contributed by atoms with Gasteiger partial charge >= 0.3 is 5.97 Å². The number of hydrogen-bond acceptors (Lipinski definition) is 3. The van der Waals surface area contributed by atoms with Crippen molar-refractivity contribution in [1.82, 2.24) is 5.32 Å². The summed E-state index contributed by atoms with van der Waals surface area (Å²) < 4.78 is 5.58. The molecule has 1 aromatic carbocycles. The second kappa shape index (κ2) is 6.27. The van der Waals surface area contributed by atoms with Crippen molar-refractivity contribution in [3.63, 3.8) is 0 Å². The van der Waals surface area contributed by atoms with E-state index in [2.05, 4.69) is 26.1 Å². The van der Waals surface area contributed by atoms with Gasteiger partial charge in [0.2, 0.25) is 0 Å². The first-order chi connectivity index (χ1) is 9.25. The number of likely N-dealkylation sites (N-methyl/N-ethyl adjacent to an activating group) is 1. The number of nitrogens with one attached hydrogen (secondary N) is 1. The smallest absolute Gasteiger partial charge is 0.327 e. The van der Waals surface area contributed by atoms with Gasteiger partial charge in [0.15, 0.2) is 0 Å². The minimum Gasteiger partial charge on any atom is -0.491 e. The van der Waals surface area contributed by atoms with Crippen LogP contribution in [0.4, 0.5) is 0 Å². The molecule has 0 saturated heterocycles. The van der Waals surface area contributed by atoms with Crippen LogP contribution in [0.3, 0.4) is 0 Å². The zero-order valence-electron chi connectivity index (χ0n) is 13.0. The lowest BCUT2D eigenvalue weighted by atomic mass is 9.82. The van der Waals surface area contributed by atoms with Crippen LogP contribution in [0.1, 0.15) is 39.7 Å². The molecule has 1 unspecified atom stereocenters. The first kappa shape index (κ1) is 16.5. The lowest BCUT2D eigenvalue weighted by Gasteiger charge is -2.25. The molecule has 0 saturated carbocycles. The highest BCUT2D eigenvalue weighted by Gasteiger charge is 2.32. The van der Waals surface area contributed by atoms with Crippen molar-refractivity contribution in [3.8, 4) is 5.75 Å². The van der Waals surface area contributed by atoms with Gasteiger partial charge in [-0.2, -0.15) is 0 Å². The topological polar surface area (TPSA) is 58.6 Å². The van der Waals surface area contributed by atoms with Crippen LogP contribution in [0.5, 0.6) is 5.75 Å². The lowest BCUT2D eigenvalue weighted by Crippen LogP contribution is -2.52. The van der Waals surface area contributed by atoms with Crippen LogP contribution in [-0.4, -0.2) is 30.3 Å². The molecule has 0 aliphatic heterocycles. The zero-order valence-corrected chi connectivity index (χ0v) is 13.0. The predicted molar refractivity (Wildman–Crippen MR) is 80.4 cm³/mol. The molecule has 20 heavy (non-hydrogen) atoms. The Labute approximate surface area is 121 Å². The SMILES string of the molecule is CCC(C)(C)c1ccc(OCC(C)(NC)C(=O)O)cc1. The fraction of sp³-hybridized carbons (Fsp3) is 0.562. The minimum absolute atomic E-state index is 0.0787. The molecule has 112 valence electrons. The second-order valence-corrected chi connectivity index (χ2v) is 5.94. The number of benzene rings is 1. The standard InChI is InChI=1S/C16H25NO3/c1-6-15(2,3)12-7-9-13(10-8-12)20-11-16(4,17-5)14(18)19/h7-10,17H,6,11H2,1-5H3,(H,18,19). The van der Waals surface area contributed by atoms with Crippen LogP contribution in [0, 0.1) is 0 Å². The Bertz CT molecular complexity index is 453. The van der Waals surface area contributed by atoms with Crippen molar-refractivity contribution < 1.29 is 14.6 Å². The molecule has 0 bridgehead atoms. The van der Waals surface area contributed by atoms with Gasteiger partial charge in [-0.15, -0.1) is 0 Å². The van der Waals surface area contributed by atoms with Gasteiger partial charge in [0.1, 0.15) is 17.9 Å². The molecular formula is C16H25NO3. The van der Waals surface area contributed by atoms with Crippen LogP contribution in [0.15, 0.2) is 24.3 Å². The van der Waals surface area contributed by atoms with Gasteiger partial charge < -0.3 is 15.2 Å². The fourth-order valence-corrected chi connectivity index (χ4v) is 1.67. The van der Waals surface area contributed by atoms with Gasteiger partial charge in [0.25, 0.3) is 0 Å². The molecule has 0 heterocycles. The van der Waals surface area contributed by atoms with E-state index >= 15 is 0 Å². The van der Waals surface area contributed by atoms with Crippen molar-refractivity contribution in [3.05, 3.63) is 29.8 Å². The summed E-state index contributed by atoms with van der Waals surface area (Å²) in [6.07, 6.45) is 1.06. The van der Waals surface area contributed by atoms with E-state index in [4.69, 9.17) is 9.84 Å². The van der Waals surface area contributed by atoms with Gasteiger partial charge in [0, 0.05) is 0 Å². The Morgan fingerprint density at radius 2 is 1.80 bits per heavy atom. The molecule has 0 aromatic heterocycles. The van der Waals surface area contributed by atoms with E-state index in [0.717, 1.165) is 6.42 Å². The third kappa shape index (κ3) is 3.73. The second-order valence-electron chi connectivity index (χ2n) is 5.94. The largest absolute Gasteiger partial charge is 0.491 e. The molecule has 0 fully saturated rings. The maximum Gasteiger partial charge on any atom is 0.327 e. The van der Waals surface area contributed by atoms with Gasteiger partial charge in [-0.3, -0.25) is 4.79 Å². The first-order valence-corrected chi connectivity index (χ1v) is 6.91. The van der Waals surface area contributed by atoms with E-state index in [1.54, 1.807) is 14.0 Å². The van der Waals surface area contributed by atoms with E-state index in [0.29, 0.717) is 5.75 Å². The Kier molecular flexibility index (Phi) is 5.17.